The minimum atomic E-state index is -0.961. The summed E-state index contributed by atoms with van der Waals surface area (Å²) in [7, 11) is 0. The highest BCUT2D eigenvalue weighted by Crippen LogP contribution is 2.20. The molecule has 1 atom stereocenters. The number of pyridine rings is 1. The molecule has 0 aliphatic carbocycles. The molecule has 17 heavy (non-hydrogen) atoms. The summed E-state index contributed by atoms with van der Waals surface area (Å²) >= 11 is 0. The third-order valence-electron chi connectivity index (χ3n) is 2.97. The number of likely N-dealkylation sites (tertiary alicyclic amines) is 1. The van der Waals surface area contributed by atoms with Gasteiger partial charge in [0.05, 0.1) is 0 Å². The molecule has 1 unspecified atom stereocenters. The second kappa shape index (κ2) is 4.53. The summed E-state index contributed by atoms with van der Waals surface area (Å²) in [4.78, 5) is 28.3. The smallest absolute Gasteiger partial charge is 0.407 e. The Morgan fingerprint density at radius 3 is 2.82 bits per heavy atom. The molecule has 1 fully saturated rings. The van der Waals surface area contributed by atoms with Crippen LogP contribution in [0, 0.1) is 12.8 Å². The molecule has 0 aromatic carbocycles. The molecule has 1 saturated heterocycles. The van der Waals surface area contributed by atoms with Gasteiger partial charge in [0.1, 0.15) is 5.69 Å². The molecule has 0 saturated carbocycles. The van der Waals surface area contributed by atoms with Gasteiger partial charge < -0.3 is 10.0 Å². The van der Waals surface area contributed by atoms with Gasteiger partial charge in [-0.05, 0) is 25.5 Å². The predicted molar refractivity (Wildman–Crippen MR) is 61.0 cm³/mol. The van der Waals surface area contributed by atoms with E-state index in [9.17, 15) is 9.59 Å². The van der Waals surface area contributed by atoms with Gasteiger partial charge in [-0.1, -0.05) is 6.07 Å². The Labute approximate surface area is 99.1 Å². The lowest BCUT2D eigenvalue weighted by atomic mass is 10.0. The summed E-state index contributed by atoms with van der Waals surface area (Å²) in [6.45, 7) is 2.54. The maximum atomic E-state index is 12.1. The summed E-state index contributed by atoms with van der Waals surface area (Å²) in [5, 5.41) is 8.83. The van der Waals surface area contributed by atoms with E-state index in [1.807, 2.05) is 13.0 Å². The molecule has 1 aromatic rings. The number of amides is 1. The van der Waals surface area contributed by atoms with Crippen LogP contribution in [-0.4, -0.2) is 40.0 Å². The van der Waals surface area contributed by atoms with E-state index in [-0.39, 0.29) is 18.2 Å². The van der Waals surface area contributed by atoms with E-state index in [1.165, 1.54) is 4.90 Å². The van der Waals surface area contributed by atoms with E-state index in [4.69, 9.17) is 5.11 Å². The summed E-state index contributed by atoms with van der Waals surface area (Å²) in [6.07, 6.45) is -0.377. The molecule has 5 nitrogen and oxygen atoms in total. The van der Waals surface area contributed by atoms with Crippen molar-refractivity contribution in [3.05, 3.63) is 29.6 Å². The first-order valence-corrected chi connectivity index (χ1v) is 5.53. The van der Waals surface area contributed by atoms with Gasteiger partial charge in [-0.2, -0.15) is 0 Å². The number of carbonyl (C=O) groups is 2. The van der Waals surface area contributed by atoms with E-state index < -0.39 is 6.09 Å². The first kappa shape index (κ1) is 11.6. The molecule has 1 aliphatic heterocycles. The fraction of sp³-hybridized carbons (Fsp3) is 0.417. The van der Waals surface area contributed by atoms with E-state index in [0.717, 1.165) is 5.69 Å². The lowest BCUT2D eigenvalue weighted by Gasteiger charge is -2.11. The molecule has 2 rings (SSSR count). The number of aromatic nitrogens is 1. The maximum absolute atomic E-state index is 12.1. The van der Waals surface area contributed by atoms with Crippen molar-refractivity contribution in [2.24, 2.45) is 5.92 Å². The monoisotopic (exact) mass is 234 g/mol. The average molecular weight is 234 g/mol. The lowest BCUT2D eigenvalue weighted by molar-refractivity contribution is 0.0917. The lowest BCUT2D eigenvalue weighted by Crippen LogP contribution is -2.28. The van der Waals surface area contributed by atoms with Crippen LogP contribution in [0.4, 0.5) is 4.79 Å². The Morgan fingerprint density at radius 2 is 2.24 bits per heavy atom. The molecule has 90 valence electrons. The largest absolute Gasteiger partial charge is 0.465 e. The molecule has 5 heteroatoms. The van der Waals surface area contributed by atoms with E-state index in [2.05, 4.69) is 4.98 Å². The van der Waals surface area contributed by atoms with Crippen molar-refractivity contribution in [3.8, 4) is 0 Å². The number of rotatable bonds is 2. The Bertz CT molecular complexity index is 459. The highest BCUT2D eigenvalue weighted by Gasteiger charge is 2.31. The van der Waals surface area contributed by atoms with Gasteiger partial charge in [0, 0.05) is 24.7 Å². The number of carboxylic acid groups (broad SMARTS) is 1. The van der Waals surface area contributed by atoms with Gasteiger partial charge in [-0.25, -0.2) is 4.79 Å². The number of aryl methyl sites for hydroxylation is 1. The quantitative estimate of drug-likeness (QED) is 0.788. The first-order valence-electron chi connectivity index (χ1n) is 5.53. The average Bonchev–Trinajstić information content (AvgIpc) is 2.77. The van der Waals surface area contributed by atoms with Crippen molar-refractivity contribution in [2.45, 2.75) is 13.3 Å². The second-order valence-corrected chi connectivity index (χ2v) is 4.24. The van der Waals surface area contributed by atoms with Crippen molar-refractivity contribution < 1.29 is 14.7 Å². The number of Topliss-reactive ketones (excluding diaryl/α,β-unsaturated/α-hetero) is 1. The van der Waals surface area contributed by atoms with Gasteiger partial charge in [-0.3, -0.25) is 9.78 Å². The summed E-state index contributed by atoms with van der Waals surface area (Å²) in [5.74, 6) is -0.308. The Hall–Kier alpha value is -1.91. The Morgan fingerprint density at radius 1 is 1.47 bits per heavy atom. The standard InChI is InChI=1S/C12H14N2O3/c1-8-3-2-4-10(13-8)11(15)9-5-6-14(7-9)12(16)17/h2-4,9H,5-7H2,1H3,(H,16,17). The second-order valence-electron chi connectivity index (χ2n) is 4.24. The molecular weight excluding hydrogens is 220 g/mol. The number of carbonyl (C=O) groups excluding carboxylic acids is 1. The molecule has 0 spiro atoms. The van der Waals surface area contributed by atoms with Gasteiger partial charge in [0.2, 0.25) is 0 Å². The minimum absolute atomic E-state index is 0.0579. The predicted octanol–water partition coefficient (Wildman–Crippen LogP) is 1.57. The topological polar surface area (TPSA) is 70.5 Å². The van der Waals surface area contributed by atoms with Crippen molar-refractivity contribution in [1.82, 2.24) is 9.88 Å². The molecule has 1 N–H and O–H groups in total. The van der Waals surface area contributed by atoms with Crippen LogP contribution in [0.2, 0.25) is 0 Å². The zero-order chi connectivity index (χ0) is 12.4. The highest BCUT2D eigenvalue weighted by molar-refractivity contribution is 5.96. The number of nitrogens with zero attached hydrogens (tertiary/aromatic N) is 2. The molecule has 0 radical (unpaired) electrons. The molecule has 0 bridgehead atoms. The van der Waals surface area contributed by atoms with Crippen LogP contribution in [0.15, 0.2) is 18.2 Å². The first-order chi connectivity index (χ1) is 8.08. The van der Waals surface area contributed by atoms with Crippen LogP contribution >= 0.6 is 0 Å². The van der Waals surface area contributed by atoms with Crippen LogP contribution in [0.25, 0.3) is 0 Å². The number of ketones is 1. The minimum Gasteiger partial charge on any atom is -0.465 e. The zero-order valence-electron chi connectivity index (χ0n) is 9.59. The summed E-state index contributed by atoms with van der Waals surface area (Å²) < 4.78 is 0. The van der Waals surface area contributed by atoms with Crippen molar-refractivity contribution in [1.29, 1.82) is 0 Å². The van der Waals surface area contributed by atoms with Gasteiger partial charge >= 0.3 is 6.09 Å². The summed E-state index contributed by atoms with van der Waals surface area (Å²) in [6, 6.07) is 5.30. The molecular formula is C12H14N2O3. The van der Waals surface area contributed by atoms with Crippen LogP contribution in [0.3, 0.4) is 0 Å². The van der Waals surface area contributed by atoms with Gasteiger partial charge in [-0.15, -0.1) is 0 Å². The van der Waals surface area contributed by atoms with Gasteiger partial charge in [0.25, 0.3) is 0 Å². The zero-order valence-corrected chi connectivity index (χ0v) is 9.59. The van der Waals surface area contributed by atoms with Crippen molar-refractivity contribution >= 4 is 11.9 Å². The highest BCUT2D eigenvalue weighted by atomic mass is 16.4. The van der Waals surface area contributed by atoms with Crippen LogP contribution < -0.4 is 0 Å². The third kappa shape index (κ3) is 2.43. The Kier molecular flexibility index (Phi) is 3.08. The van der Waals surface area contributed by atoms with Crippen LogP contribution in [0.5, 0.6) is 0 Å². The third-order valence-corrected chi connectivity index (χ3v) is 2.97. The van der Waals surface area contributed by atoms with E-state index >= 15 is 0 Å². The van der Waals surface area contributed by atoms with Crippen molar-refractivity contribution in [2.75, 3.05) is 13.1 Å². The SMILES string of the molecule is Cc1cccc(C(=O)C2CCN(C(=O)O)C2)n1. The van der Waals surface area contributed by atoms with E-state index in [1.54, 1.807) is 12.1 Å². The van der Waals surface area contributed by atoms with Gasteiger partial charge in [0.15, 0.2) is 5.78 Å². The van der Waals surface area contributed by atoms with E-state index in [0.29, 0.717) is 18.7 Å². The molecule has 1 amide bonds. The maximum Gasteiger partial charge on any atom is 0.407 e. The summed E-state index contributed by atoms with van der Waals surface area (Å²) in [5.41, 5.74) is 1.23. The normalized spacial score (nSPS) is 19.4. The Balaban J connectivity index is 2.09. The van der Waals surface area contributed by atoms with Crippen molar-refractivity contribution in [3.63, 3.8) is 0 Å². The number of hydrogen-bond donors (Lipinski definition) is 1. The number of hydrogen-bond acceptors (Lipinski definition) is 3. The molecule has 2 heterocycles. The van der Waals surface area contributed by atoms with Crippen LogP contribution in [0.1, 0.15) is 22.6 Å². The fourth-order valence-corrected chi connectivity index (χ4v) is 2.04. The fourth-order valence-electron chi connectivity index (χ4n) is 2.04. The molecule has 1 aromatic heterocycles. The van der Waals surface area contributed by atoms with Crippen LogP contribution in [-0.2, 0) is 0 Å². The molecule has 1 aliphatic rings.